The Kier molecular flexibility index (Phi) is 5.66. The van der Waals surface area contributed by atoms with Crippen LogP contribution in [0.25, 0.3) is 0 Å². The third-order valence-corrected chi connectivity index (χ3v) is 3.76. The Bertz CT molecular complexity index is 453. The van der Waals surface area contributed by atoms with Gasteiger partial charge in [0.25, 0.3) is 0 Å². The first-order valence-electron chi connectivity index (χ1n) is 7.53. The monoisotopic (exact) mass is 272 g/mol. The van der Waals surface area contributed by atoms with Crippen molar-refractivity contribution in [3.63, 3.8) is 0 Å². The highest BCUT2D eigenvalue weighted by Gasteiger charge is 2.09. The molecular weight excluding hydrogens is 248 g/mol. The molecule has 0 aliphatic heterocycles. The average Bonchev–Trinajstić information content (AvgIpc) is 2.49. The van der Waals surface area contributed by atoms with E-state index in [9.17, 15) is 4.79 Å². The molecule has 2 rings (SSSR count). The van der Waals surface area contributed by atoms with E-state index in [4.69, 9.17) is 0 Å². The van der Waals surface area contributed by atoms with Gasteiger partial charge in [-0.15, -0.1) is 0 Å². The van der Waals surface area contributed by atoms with Crippen molar-refractivity contribution < 1.29 is 4.79 Å². The first-order valence-corrected chi connectivity index (χ1v) is 7.53. The molecule has 0 heterocycles. The molecule has 0 bridgehead atoms. The molecule has 0 spiro atoms. The van der Waals surface area contributed by atoms with Crippen LogP contribution in [0.1, 0.15) is 50.6 Å². The lowest BCUT2D eigenvalue weighted by atomic mass is 9.97. The zero-order chi connectivity index (χ0) is 14.2. The molecule has 108 valence electrons. The zero-order valence-corrected chi connectivity index (χ0v) is 12.2. The molecule has 1 aromatic rings. The number of amides is 2. The molecule has 2 N–H and O–H groups in total. The SMILES string of the molecule is C[C@H](NC(=O)NCCC1=CCCCC1)c1ccccc1. The topological polar surface area (TPSA) is 41.1 Å². The summed E-state index contributed by atoms with van der Waals surface area (Å²) in [6, 6.07) is 9.95. The largest absolute Gasteiger partial charge is 0.338 e. The predicted octanol–water partition coefficient (Wildman–Crippen LogP) is 3.94. The second-order valence-corrected chi connectivity index (χ2v) is 5.39. The average molecular weight is 272 g/mol. The Morgan fingerprint density at radius 1 is 1.25 bits per heavy atom. The normalized spacial score (nSPS) is 16.1. The van der Waals surface area contributed by atoms with Crippen LogP contribution >= 0.6 is 0 Å². The summed E-state index contributed by atoms with van der Waals surface area (Å²) >= 11 is 0. The van der Waals surface area contributed by atoms with E-state index in [1.54, 1.807) is 0 Å². The molecule has 0 unspecified atom stereocenters. The molecule has 0 saturated carbocycles. The summed E-state index contributed by atoms with van der Waals surface area (Å²) in [6.07, 6.45) is 8.31. The van der Waals surface area contributed by atoms with Gasteiger partial charge in [0.15, 0.2) is 0 Å². The minimum absolute atomic E-state index is 0.0325. The minimum Gasteiger partial charge on any atom is -0.338 e. The van der Waals surface area contributed by atoms with Crippen LogP contribution < -0.4 is 10.6 Å². The fraction of sp³-hybridized carbons (Fsp3) is 0.471. The van der Waals surface area contributed by atoms with Crippen LogP contribution in [0.3, 0.4) is 0 Å². The van der Waals surface area contributed by atoms with E-state index in [2.05, 4.69) is 16.7 Å². The Labute approximate surface area is 121 Å². The van der Waals surface area contributed by atoms with Crippen LogP contribution in [0.4, 0.5) is 4.79 Å². The van der Waals surface area contributed by atoms with Gasteiger partial charge in [0, 0.05) is 6.54 Å². The highest BCUT2D eigenvalue weighted by Crippen LogP contribution is 2.19. The van der Waals surface area contributed by atoms with E-state index in [1.165, 1.54) is 31.3 Å². The van der Waals surface area contributed by atoms with Gasteiger partial charge in [0.05, 0.1) is 6.04 Å². The van der Waals surface area contributed by atoms with Crippen LogP contribution in [-0.2, 0) is 0 Å². The van der Waals surface area contributed by atoms with Crippen molar-refractivity contribution in [3.8, 4) is 0 Å². The molecule has 0 saturated heterocycles. The lowest BCUT2D eigenvalue weighted by Crippen LogP contribution is -2.37. The number of nitrogens with one attached hydrogen (secondary N) is 2. The second kappa shape index (κ2) is 7.73. The maximum absolute atomic E-state index is 11.8. The molecule has 3 nitrogen and oxygen atoms in total. The van der Waals surface area contributed by atoms with Gasteiger partial charge in [-0.2, -0.15) is 0 Å². The summed E-state index contributed by atoms with van der Waals surface area (Å²) in [5, 5.41) is 5.90. The van der Waals surface area contributed by atoms with E-state index >= 15 is 0 Å². The van der Waals surface area contributed by atoms with Gasteiger partial charge in [-0.1, -0.05) is 42.0 Å². The quantitative estimate of drug-likeness (QED) is 0.783. The third kappa shape index (κ3) is 4.72. The van der Waals surface area contributed by atoms with Gasteiger partial charge < -0.3 is 10.6 Å². The maximum Gasteiger partial charge on any atom is 0.315 e. The summed E-state index contributed by atoms with van der Waals surface area (Å²) in [5.41, 5.74) is 2.62. The summed E-state index contributed by atoms with van der Waals surface area (Å²) in [6.45, 7) is 2.72. The highest BCUT2D eigenvalue weighted by molar-refractivity contribution is 5.74. The van der Waals surface area contributed by atoms with Crippen LogP contribution in [0.2, 0.25) is 0 Å². The van der Waals surface area contributed by atoms with Crippen molar-refractivity contribution in [2.24, 2.45) is 0 Å². The van der Waals surface area contributed by atoms with Crippen molar-refractivity contribution in [1.29, 1.82) is 0 Å². The van der Waals surface area contributed by atoms with E-state index in [0.717, 1.165) is 18.5 Å². The molecule has 1 aromatic carbocycles. The molecule has 0 fully saturated rings. The lowest BCUT2D eigenvalue weighted by molar-refractivity contribution is 0.238. The number of rotatable bonds is 5. The van der Waals surface area contributed by atoms with Gasteiger partial charge in [0.1, 0.15) is 0 Å². The Balaban J connectivity index is 1.69. The van der Waals surface area contributed by atoms with E-state index in [-0.39, 0.29) is 12.1 Å². The van der Waals surface area contributed by atoms with E-state index < -0.39 is 0 Å². The molecule has 1 aliphatic rings. The van der Waals surface area contributed by atoms with Gasteiger partial charge in [-0.3, -0.25) is 0 Å². The van der Waals surface area contributed by atoms with Gasteiger partial charge in [-0.05, 0) is 44.6 Å². The molecule has 0 radical (unpaired) electrons. The first kappa shape index (κ1) is 14.6. The molecule has 1 aliphatic carbocycles. The number of allylic oxidation sites excluding steroid dienone is 1. The van der Waals surface area contributed by atoms with Gasteiger partial charge >= 0.3 is 6.03 Å². The molecule has 3 heteroatoms. The van der Waals surface area contributed by atoms with E-state index in [1.807, 2.05) is 37.3 Å². The highest BCUT2D eigenvalue weighted by atomic mass is 16.2. The Morgan fingerprint density at radius 3 is 2.75 bits per heavy atom. The van der Waals surface area contributed by atoms with Crippen molar-refractivity contribution >= 4 is 6.03 Å². The third-order valence-electron chi connectivity index (χ3n) is 3.76. The Morgan fingerprint density at radius 2 is 2.05 bits per heavy atom. The second-order valence-electron chi connectivity index (χ2n) is 5.39. The maximum atomic E-state index is 11.8. The van der Waals surface area contributed by atoms with Crippen LogP contribution in [0.5, 0.6) is 0 Å². The van der Waals surface area contributed by atoms with Gasteiger partial charge in [-0.25, -0.2) is 4.79 Å². The number of carbonyl (C=O) groups is 1. The van der Waals surface area contributed by atoms with Gasteiger partial charge in [0.2, 0.25) is 0 Å². The van der Waals surface area contributed by atoms with Crippen LogP contribution in [0.15, 0.2) is 42.0 Å². The molecule has 0 aromatic heterocycles. The molecule has 20 heavy (non-hydrogen) atoms. The van der Waals surface area contributed by atoms with Crippen molar-refractivity contribution in [1.82, 2.24) is 10.6 Å². The summed E-state index contributed by atoms with van der Waals surface area (Å²) in [4.78, 5) is 11.8. The summed E-state index contributed by atoms with van der Waals surface area (Å²) in [5.74, 6) is 0. The molecule has 1 atom stereocenters. The van der Waals surface area contributed by atoms with Crippen LogP contribution in [0, 0.1) is 0 Å². The first-order chi connectivity index (χ1) is 9.75. The smallest absolute Gasteiger partial charge is 0.315 e. The summed E-state index contributed by atoms with van der Waals surface area (Å²) in [7, 11) is 0. The number of urea groups is 1. The zero-order valence-electron chi connectivity index (χ0n) is 12.2. The standard InChI is InChI=1S/C17H24N2O/c1-14(16-10-6-3-7-11-16)19-17(20)18-13-12-15-8-4-2-5-9-15/h3,6-8,10-11,14H,2,4-5,9,12-13H2,1H3,(H2,18,19,20)/t14-/m0/s1. The van der Waals surface area contributed by atoms with Crippen molar-refractivity contribution in [3.05, 3.63) is 47.5 Å². The molecule has 2 amide bonds. The number of benzene rings is 1. The summed E-state index contributed by atoms with van der Waals surface area (Å²) < 4.78 is 0. The van der Waals surface area contributed by atoms with Crippen molar-refractivity contribution in [2.45, 2.75) is 45.1 Å². The fourth-order valence-corrected chi connectivity index (χ4v) is 2.54. The number of hydrogen-bond acceptors (Lipinski definition) is 1. The number of hydrogen-bond donors (Lipinski definition) is 2. The Hall–Kier alpha value is -1.77. The van der Waals surface area contributed by atoms with Crippen molar-refractivity contribution in [2.75, 3.05) is 6.54 Å². The minimum atomic E-state index is -0.0854. The fourth-order valence-electron chi connectivity index (χ4n) is 2.54. The predicted molar refractivity (Wildman–Crippen MR) is 82.6 cm³/mol. The lowest BCUT2D eigenvalue weighted by Gasteiger charge is -2.16. The van der Waals surface area contributed by atoms with Crippen LogP contribution in [-0.4, -0.2) is 12.6 Å². The molecular formula is C17H24N2O. The van der Waals surface area contributed by atoms with E-state index in [0.29, 0.717) is 0 Å². The number of carbonyl (C=O) groups excluding carboxylic acids is 1.